The Balaban J connectivity index is 0.000000207. The maximum Gasteiger partial charge on any atom is 0.416 e. The number of pyridine rings is 1. The van der Waals surface area contributed by atoms with Crippen molar-refractivity contribution in [2.75, 3.05) is 16.0 Å². The molecule has 0 fully saturated rings. The van der Waals surface area contributed by atoms with Crippen LogP contribution in [0.1, 0.15) is 67.1 Å². The fourth-order valence-electron chi connectivity index (χ4n) is 6.45. The topological polar surface area (TPSA) is 110 Å². The molecule has 0 radical (unpaired) electrons. The van der Waals surface area contributed by atoms with Gasteiger partial charge in [-0.1, -0.05) is 81.3 Å². The van der Waals surface area contributed by atoms with Crippen LogP contribution in [0.3, 0.4) is 0 Å². The van der Waals surface area contributed by atoms with Crippen molar-refractivity contribution in [3.05, 3.63) is 166 Å². The number of aryl methyl sites for hydroxylation is 2. The molecule has 3 N–H and O–H groups in total. The number of halogens is 4. The first-order valence-electron chi connectivity index (χ1n) is 20.1. The number of fused-ring (bicyclic) bond motifs is 1. The van der Waals surface area contributed by atoms with Crippen molar-refractivity contribution in [1.29, 1.82) is 0 Å². The molecule has 0 saturated heterocycles. The second-order valence-electron chi connectivity index (χ2n) is 15.5. The van der Waals surface area contributed by atoms with Gasteiger partial charge < -0.3 is 25.4 Å². The first kappa shape index (κ1) is 44.9. The summed E-state index contributed by atoms with van der Waals surface area (Å²) in [5, 5.41) is 9.93. The number of rotatable bonds is 12. The van der Waals surface area contributed by atoms with Crippen molar-refractivity contribution < 1.29 is 27.4 Å². The highest BCUT2D eigenvalue weighted by Gasteiger charge is 2.32. The molecule has 13 heteroatoms. The van der Waals surface area contributed by atoms with Gasteiger partial charge in [-0.2, -0.15) is 13.2 Å². The van der Waals surface area contributed by atoms with E-state index in [-0.39, 0.29) is 17.2 Å². The molecule has 0 saturated carbocycles. The third-order valence-corrected chi connectivity index (χ3v) is 9.80. The molecule has 320 valence electrons. The Morgan fingerprint density at radius 3 is 2.19 bits per heavy atom. The van der Waals surface area contributed by atoms with Crippen molar-refractivity contribution in [3.8, 4) is 17.2 Å². The van der Waals surface area contributed by atoms with Crippen molar-refractivity contribution >= 4 is 51.4 Å². The van der Waals surface area contributed by atoms with Crippen molar-refractivity contribution in [1.82, 2.24) is 15.0 Å². The average molecular weight is 861 g/mol. The standard InChI is InChI=1S/C26H26ClN3O.C23H22F3N3O2/c1-17(2)11-19-7-9-24-22(13-19)26(29-16-28-24)30-21-8-10-25(23(27)14-21)31-15-20-6-4-5-18(3)12-20;1-14(2)21-13-19(10-11-27-21)31-18-8-6-16(7-9-18)28-22(30)29-17-5-4-15(3)20(12-17)23(24,25)26/h4-10,12-14,16-17H,11,15H2,1-3H3,(H,28,29,30);4-14H,1-3H3,(H2,28,29,30). The molecule has 0 aliphatic rings. The van der Waals surface area contributed by atoms with Gasteiger partial charge in [0.05, 0.1) is 16.1 Å². The minimum Gasteiger partial charge on any atom is -0.487 e. The van der Waals surface area contributed by atoms with Gasteiger partial charge in [0.2, 0.25) is 0 Å². The van der Waals surface area contributed by atoms with Crippen LogP contribution in [-0.4, -0.2) is 21.0 Å². The minimum atomic E-state index is -4.49. The summed E-state index contributed by atoms with van der Waals surface area (Å²) in [7, 11) is 0. The summed E-state index contributed by atoms with van der Waals surface area (Å²) in [6.45, 7) is 12.4. The van der Waals surface area contributed by atoms with Crippen LogP contribution in [0.15, 0.2) is 128 Å². The zero-order valence-corrected chi connectivity index (χ0v) is 36.0. The molecule has 7 aromatic rings. The molecule has 2 amide bonds. The summed E-state index contributed by atoms with van der Waals surface area (Å²) >= 11 is 6.50. The lowest BCUT2D eigenvalue weighted by molar-refractivity contribution is -0.138. The van der Waals surface area contributed by atoms with Gasteiger partial charge in [0, 0.05) is 40.4 Å². The highest BCUT2D eigenvalue weighted by molar-refractivity contribution is 6.32. The van der Waals surface area contributed by atoms with Gasteiger partial charge in [-0.05, 0) is 122 Å². The molecule has 5 aromatic carbocycles. The van der Waals surface area contributed by atoms with Gasteiger partial charge in [-0.15, -0.1) is 0 Å². The lowest BCUT2D eigenvalue weighted by Crippen LogP contribution is -2.20. The monoisotopic (exact) mass is 860 g/mol. The molecular formula is C49H48ClF3N6O3. The Hall–Kier alpha value is -6.66. The van der Waals surface area contributed by atoms with Gasteiger partial charge in [0.25, 0.3) is 0 Å². The molecule has 9 nitrogen and oxygen atoms in total. The van der Waals surface area contributed by atoms with E-state index >= 15 is 0 Å². The molecule has 0 unspecified atom stereocenters. The summed E-state index contributed by atoms with van der Waals surface area (Å²) < 4.78 is 50.8. The van der Waals surface area contributed by atoms with Crippen molar-refractivity contribution in [2.45, 2.75) is 66.7 Å². The molecule has 0 aliphatic carbocycles. The third-order valence-electron chi connectivity index (χ3n) is 9.51. The average Bonchev–Trinajstić information content (AvgIpc) is 3.22. The zero-order valence-electron chi connectivity index (χ0n) is 35.3. The smallest absolute Gasteiger partial charge is 0.416 e. The predicted octanol–water partition coefficient (Wildman–Crippen LogP) is 14.1. The summed E-state index contributed by atoms with van der Waals surface area (Å²) in [5.74, 6) is 3.50. The maximum absolute atomic E-state index is 13.0. The molecule has 0 bridgehead atoms. The lowest BCUT2D eigenvalue weighted by Gasteiger charge is -2.13. The molecule has 0 atom stereocenters. The second kappa shape index (κ2) is 20.3. The van der Waals surface area contributed by atoms with Gasteiger partial charge in [0.15, 0.2) is 0 Å². The lowest BCUT2D eigenvalue weighted by atomic mass is 10.0. The Morgan fingerprint density at radius 1 is 0.742 bits per heavy atom. The number of ether oxygens (including phenoxy) is 2. The molecule has 62 heavy (non-hydrogen) atoms. The zero-order chi connectivity index (χ0) is 44.4. The number of nitrogens with one attached hydrogen (secondary N) is 3. The highest BCUT2D eigenvalue weighted by atomic mass is 35.5. The molecular weight excluding hydrogens is 813 g/mol. The van der Waals surface area contributed by atoms with Crippen LogP contribution >= 0.6 is 11.6 Å². The largest absolute Gasteiger partial charge is 0.487 e. The number of alkyl halides is 3. The SMILES string of the molecule is Cc1ccc(NC(=O)Nc2ccc(Oc3ccnc(C(C)C)c3)cc2)cc1C(F)(F)F.Cc1cccc(COc2ccc(Nc3ncnc4ccc(CC(C)C)cc34)cc2Cl)c1. The number of aromatic nitrogens is 3. The number of anilines is 4. The summed E-state index contributed by atoms with van der Waals surface area (Å²) in [6.07, 6.45) is -0.212. The Bertz CT molecular complexity index is 2640. The number of urea groups is 1. The summed E-state index contributed by atoms with van der Waals surface area (Å²) in [4.78, 5) is 25.3. The Kier molecular flexibility index (Phi) is 14.7. The van der Waals surface area contributed by atoms with Crippen LogP contribution in [0.4, 0.5) is 40.8 Å². The van der Waals surface area contributed by atoms with E-state index in [4.69, 9.17) is 21.1 Å². The van der Waals surface area contributed by atoms with Crippen LogP contribution in [-0.2, 0) is 19.2 Å². The van der Waals surface area contributed by atoms with Crippen molar-refractivity contribution in [2.24, 2.45) is 5.92 Å². The number of benzene rings is 5. The number of nitrogens with zero attached hydrogens (tertiary/aromatic N) is 3. The maximum atomic E-state index is 13.0. The van der Waals surface area contributed by atoms with E-state index in [1.165, 1.54) is 30.2 Å². The van der Waals surface area contributed by atoms with Crippen LogP contribution in [0, 0.1) is 19.8 Å². The number of carbonyl (C=O) groups excluding carboxylic acids is 1. The van der Waals surface area contributed by atoms with E-state index in [0.717, 1.165) is 46.2 Å². The van der Waals surface area contributed by atoms with Crippen molar-refractivity contribution in [3.63, 3.8) is 0 Å². The predicted molar refractivity (Wildman–Crippen MR) is 242 cm³/mol. The van der Waals surface area contributed by atoms with E-state index in [1.807, 2.05) is 50.2 Å². The number of hydrogen-bond donors (Lipinski definition) is 3. The Morgan fingerprint density at radius 2 is 1.48 bits per heavy atom. The van der Waals surface area contributed by atoms with Crippen LogP contribution in [0.2, 0.25) is 5.02 Å². The van der Waals surface area contributed by atoms with Crippen LogP contribution in [0.25, 0.3) is 10.9 Å². The summed E-state index contributed by atoms with van der Waals surface area (Å²) in [6, 6.07) is 33.5. The molecule has 0 aliphatic heterocycles. The second-order valence-corrected chi connectivity index (χ2v) is 15.9. The quantitative estimate of drug-likeness (QED) is 0.112. The minimum absolute atomic E-state index is 0.0500. The van der Waals surface area contributed by atoms with E-state index in [9.17, 15) is 18.0 Å². The summed E-state index contributed by atoms with van der Waals surface area (Å²) in [5.41, 5.74) is 6.09. The molecule has 0 spiro atoms. The van der Waals surface area contributed by atoms with Gasteiger partial charge in [-0.3, -0.25) is 4.98 Å². The first-order valence-corrected chi connectivity index (χ1v) is 20.5. The van der Waals surface area contributed by atoms with Crippen LogP contribution < -0.4 is 25.4 Å². The van der Waals surface area contributed by atoms with Crippen LogP contribution in [0.5, 0.6) is 17.2 Å². The molecule has 7 rings (SSSR count). The number of hydrogen-bond acceptors (Lipinski definition) is 7. The van der Waals surface area contributed by atoms with E-state index in [0.29, 0.717) is 40.5 Å². The fourth-order valence-corrected chi connectivity index (χ4v) is 6.68. The number of carbonyl (C=O) groups is 1. The van der Waals surface area contributed by atoms with Gasteiger partial charge in [0.1, 0.15) is 36.0 Å². The first-order chi connectivity index (χ1) is 29.6. The van der Waals surface area contributed by atoms with Gasteiger partial charge in [-0.25, -0.2) is 14.8 Å². The molecule has 2 heterocycles. The normalized spacial score (nSPS) is 11.2. The highest BCUT2D eigenvalue weighted by Crippen LogP contribution is 2.34. The molecule has 2 aromatic heterocycles. The Labute approximate surface area is 364 Å². The van der Waals surface area contributed by atoms with E-state index in [1.54, 1.807) is 42.9 Å². The van der Waals surface area contributed by atoms with E-state index in [2.05, 4.69) is 82.0 Å². The van der Waals surface area contributed by atoms with Gasteiger partial charge >= 0.3 is 12.2 Å². The number of amides is 2. The third kappa shape index (κ3) is 12.7. The fraction of sp³-hybridized carbons (Fsp3) is 0.224. The van der Waals surface area contributed by atoms with E-state index < -0.39 is 17.8 Å².